The molecule has 18 heavy (non-hydrogen) atoms. The zero-order chi connectivity index (χ0) is 13.4. The number of rotatable bonds is 4. The Morgan fingerprint density at radius 1 is 1.39 bits per heavy atom. The van der Waals surface area contributed by atoms with Gasteiger partial charge in [0.1, 0.15) is 5.75 Å². The number of benzene rings is 1. The summed E-state index contributed by atoms with van der Waals surface area (Å²) in [7, 11) is 0. The van der Waals surface area contributed by atoms with Crippen LogP contribution in [-0.2, 0) is 4.79 Å². The Kier molecular flexibility index (Phi) is 6.23. The molecule has 0 atom stereocenters. The standard InChI is InChI=1S/C13H12F2O2S/c1-10(16)18-9-3-2-4-11-5-7-12(8-6-11)17-13(14)15/h5-8,13H,3,9H2,1H3. The van der Waals surface area contributed by atoms with E-state index in [1.807, 2.05) is 0 Å². The van der Waals surface area contributed by atoms with Gasteiger partial charge in [-0.2, -0.15) is 8.78 Å². The van der Waals surface area contributed by atoms with Gasteiger partial charge in [0, 0.05) is 24.7 Å². The number of hydrogen-bond acceptors (Lipinski definition) is 3. The van der Waals surface area contributed by atoms with Gasteiger partial charge in [0.25, 0.3) is 0 Å². The molecule has 0 spiro atoms. The molecule has 2 nitrogen and oxygen atoms in total. The van der Waals surface area contributed by atoms with E-state index in [9.17, 15) is 13.6 Å². The summed E-state index contributed by atoms with van der Waals surface area (Å²) in [6, 6.07) is 6.12. The van der Waals surface area contributed by atoms with Crippen molar-refractivity contribution in [3.8, 4) is 17.6 Å². The third-order valence-electron chi connectivity index (χ3n) is 1.84. The molecule has 0 saturated carbocycles. The van der Waals surface area contributed by atoms with Gasteiger partial charge in [0.2, 0.25) is 0 Å². The molecule has 5 heteroatoms. The number of hydrogen-bond donors (Lipinski definition) is 0. The topological polar surface area (TPSA) is 26.3 Å². The van der Waals surface area contributed by atoms with Crippen molar-refractivity contribution < 1.29 is 18.3 Å². The van der Waals surface area contributed by atoms with Crippen LogP contribution in [0.4, 0.5) is 8.78 Å². The summed E-state index contributed by atoms with van der Waals surface area (Å²) in [5.41, 5.74) is 0.726. The van der Waals surface area contributed by atoms with Crippen LogP contribution in [0.1, 0.15) is 18.9 Å². The lowest BCUT2D eigenvalue weighted by atomic mass is 10.2. The predicted molar refractivity (Wildman–Crippen MR) is 67.7 cm³/mol. The Morgan fingerprint density at radius 3 is 2.61 bits per heavy atom. The maximum atomic E-state index is 11.9. The minimum Gasteiger partial charge on any atom is -0.435 e. The highest BCUT2D eigenvalue weighted by molar-refractivity contribution is 8.13. The maximum absolute atomic E-state index is 11.9. The van der Waals surface area contributed by atoms with Crippen molar-refractivity contribution in [3.05, 3.63) is 29.8 Å². The number of alkyl halides is 2. The van der Waals surface area contributed by atoms with Crippen molar-refractivity contribution in [1.82, 2.24) is 0 Å². The highest BCUT2D eigenvalue weighted by Crippen LogP contribution is 2.14. The van der Waals surface area contributed by atoms with Crippen LogP contribution in [0.15, 0.2) is 24.3 Å². The number of carbonyl (C=O) groups excluding carboxylic acids is 1. The molecule has 0 N–H and O–H groups in total. The van der Waals surface area contributed by atoms with E-state index in [1.54, 1.807) is 12.1 Å². The Hall–Kier alpha value is -1.54. The minimum atomic E-state index is -2.81. The molecule has 1 aromatic rings. The molecule has 0 aliphatic heterocycles. The van der Waals surface area contributed by atoms with E-state index in [2.05, 4.69) is 16.6 Å². The van der Waals surface area contributed by atoms with Gasteiger partial charge >= 0.3 is 6.61 Å². The Bertz CT molecular complexity index is 446. The van der Waals surface area contributed by atoms with Crippen LogP contribution in [0.2, 0.25) is 0 Å². The van der Waals surface area contributed by atoms with Crippen molar-refractivity contribution in [2.24, 2.45) is 0 Å². The van der Waals surface area contributed by atoms with Crippen LogP contribution >= 0.6 is 11.8 Å². The highest BCUT2D eigenvalue weighted by atomic mass is 32.2. The molecule has 0 aromatic heterocycles. The predicted octanol–water partition coefficient (Wildman–Crippen LogP) is 3.31. The Labute approximate surface area is 109 Å². The second-order valence-corrected chi connectivity index (χ2v) is 4.57. The van der Waals surface area contributed by atoms with Gasteiger partial charge in [0.05, 0.1) is 0 Å². The zero-order valence-corrected chi connectivity index (χ0v) is 10.6. The fourth-order valence-electron chi connectivity index (χ4n) is 1.13. The summed E-state index contributed by atoms with van der Waals surface area (Å²) >= 11 is 1.23. The maximum Gasteiger partial charge on any atom is 0.387 e. The number of ether oxygens (including phenoxy) is 1. The van der Waals surface area contributed by atoms with Crippen LogP contribution in [0.25, 0.3) is 0 Å². The summed E-state index contributed by atoms with van der Waals surface area (Å²) in [5.74, 6) is 6.56. The van der Waals surface area contributed by atoms with E-state index < -0.39 is 6.61 Å². The quantitative estimate of drug-likeness (QED) is 0.620. The molecule has 0 saturated heterocycles. The van der Waals surface area contributed by atoms with Gasteiger partial charge < -0.3 is 4.74 Å². The van der Waals surface area contributed by atoms with Gasteiger partial charge in [-0.3, -0.25) is 4.79 Å². The van der Waals surface area contributed by atoms with E-state index >= 15 is 0 Å². The highest BCUT2D eigenvalue weighted by Gasteiger charge is 2.02. The van der Waals surface area contributed by atoms with E-state index in [0.29, 0.717) is 12.2 Å². The third-order valence-corrected chi connectivity index (χ3v) is 2.66. The average Bonchev–Trinajstić information content (AvgIpc) is 2.30. The summed E-state index contributed by atoms with van der Waals surface area (Å²) in [6.07, 6.45) is 0.611. The molecule has 0 aliphatic carbocycles. The second kappa shape index (κ2) is 7.72. The fourth-order valence-corrected chi connectivity index (χ4v) is 1.62. The van der Waals surface area contributed by atoms with Crippen molar-refractivity contribution in [3.63, 3.8) is 0 Å². The molecule has 0 fully saturated rings. The average molecular weight is 270 g/mol. The first-order valence-corrected chi connectivity index (χ1v) is 6.23. The first-order valence-electron chi connectivity index (χ1n) is 5.25. The molecule has 0 radical (unpaired) electrons. The number of halogens is 2. The van der Waals surface area contributed by atoms with Crippen molar-refractivity contribution in [1.29, 1.82) is 0 Å². The van der Waals surface area contributed by atoms with E-state index in [-0.39, 0.29) is 10.9 Å². The van der Waals surface area contributed by atoms with Gasteiger partial charge in [-0.25, -0.2) is 0 Å². The molecule has 1 aromatic carbocycles. The molecule has 1 rings (SSSR count). The largest absolute Gasteiger partial charge is 0.435 e. The van der Waals surface area contributed by atoms with Gasteiger partial charge in [0.15, 0.2) is 5.12 Å². The first kappa shape index (κ1) is 14.5. The summed E-state index contributed by atoms with van der Waals surface area (Å²) in [5, 5.41) is 0.0744. The van der Waals surface area contributed by atoms with Crippen LogP contribution in [-0.4, -0.2) is 17.5 Å². The Morgan fingerprint density at radius 2 is 2.06 bits per heavy atom. The summed E-state index contributed by atoms with van der Waals surface area (Å²) in [4.78, 5) is 10.6. The van der Waals surface area contributed by atoms with E-state index in [4.69, 9.17) is 0 Å². The van der Waals surface area contributed by atoms with Crippen LogP contribution in [0.3, 0.4) is 0 Å². The SMILES string of the molecule is CC(=O)SCCC#Cc1ccc(OC(F)F)cc1. The third kappa shape index (κ3) is 6.26. The lowest BCUT2D eigenvalue weighted by molar-refractivity contribution is -0.109. The molecule has 0 bridgehead atoms. The molecule has 0 heterocycles. The normalized spacial score (nSPS) is 9.78. The Balaban J connectivity index is 2.43. The monoisotopic (exact) mass is 270 g/mol. The zero-order valence-electron chi connectivity index (χ0n) is 9.78. The van der Waals surface area contributed by atoms with Crippen molar-refractivity contribution in [2.45, 2.75) is 20.0 Å². The molecule has 0 amide bonds. The van der Waals surface area contributed by atoms with Gasteiger partial charge in [-0.05, 0) is 24.3 Å². The molecule has 0 aliphatic rings. The fraction of sp³-hybridized carbons (Fsp3) is 0.308. The first-order chi connectivity index (χ1) is 8.58. The smallest absolute Gasteiger partial charge is 0.387 e. The molecule has 96 valence electrons. The minimum absolute atomic E-state index is 0.0744. The molecule has 0 unspecified atom stereocenters. The van der Waals surface area contributed by atoms with Crippen molar-refractivity contribution >= 4 is 16.9 Å². The van der Waals surface area contributed by atoms with E-state index in [0.717, 1.165) is 5.56 Å². The van der Waals surface area contributed by atoms with Crippen LogP contribution < -0.4 is 4.74 Å². The molecular formula is C13H12F2O2S. The van der Waals surface area contributed by atoms with E-state index in [1.165, 1.54) is 30.8 Å². The van der Waals surface area contributed by atoms with Crippen LogP contribution in [0, 0.1) is 11.8 Å². The van der Waals surface area contributed by atoms with Crippen LogP contribution in [0.5, 0.6) is 5.75 Å². The van der Waals surface area contributed by atoms with Crippen molar-refractivity contribution in [2.75, 3.05) is 5.75 Å². The number of carbonyl (C=O) groups is 1. The summed E-state index contributed by atoms with van der Waals surface area (Å²) < 4.78 is 28.0. The lowest BCUT2D eigenvalue weighted by Gasteiger charge is -2.02. The lowest BCUT2D eigenvalue weighted by Crippen LogP contribution is -2.01. The van der Waals surface area contributed by atoms with Gasteiger partial charge in [-0.15, -0.1) is 0 Å². The second-order valence-electron chi connectivity index (χ2n) is 3.29. The number of thioether (sulfide) groups is 1. The molecular weight excluding hydrogens is 258 g/mol. The summed E-state index contributed by atoms with van der Waals surface area (Å²) in [6.45, 7) is -1.30. The van der Waals surface area contributed by atoms with Gasteiger partial charge in [-0.1, -0.05) is 23.6 Å².